The van der Waals surface area contributed by atoms with Crippen molar-refractivity contribution in [1.29, 1.82) is 0 Å². The van der Waals surface area contributed by atoms with E-state index in [0.29, 0.717) is 29.0 Å². The average Bonchev–Trinajstić information content (AvgIpc) is 3.57. The van der Waals surface area contributed by atoms with E-state index in [9.17, 15) is 19.1 Å². The summed E-state index contributed by atoms with van der Waals surface area (Å²) >= 11 is 0. The van der Waals surface area contributed by atoms with Crippen molar-refractivity contribution in [3.05, 3.63) is 83.1 Å². The van der Waals surface area contributed by atoms with Gasteiger partial charge >= 0.3 is 5.91 Å². The van der Waals surface area contributed by atoms with Crippen LogP contribution in [0.1, 0.15) is 50.6 Å². The number of aliphatic hydroxyl groups is 1. The minimum atomic E-state index is -1.09. The number of ketones is 1. The highest BCUT2D eigenvalue weighted by molar-refractivity contribution is 6.51. The number of fused-ring (bicyclic) bond motifs is 1. The summed E-state index contributed by atoms with van der Waals surface area (Å²) in [6, 6.07) is 11.3. The summed E-state index contributed by atoms with van der Waals surface area (Å²) in [5.74, 6) is -1.65. The summed E-state index contributed by atoms with van der Waals surface area (Å²) in [5, 5.41) is 11.4. The number of H-pyrrole nitrogens is 1. The average molecular weight is 504 g/mol. The fraction of sp³-hybridized carbons (Fsp3) is 0.250. The highest BCUT2D eigenvalue weighted by atomic mass is 19.1. The van der Waals surface area contributed by atoms with Gasteiger partial charge in [0.2, 0.25) is 5.95 Å². The number of ether oxygens (including phenoxy) is 1. The van der Waals surface area contributed by atoms with E-state index in [0.717, 1.165) is 10.5 Å². The number of carbonyl (C=O) groups excluding carboxylic acids is 2. The van der Waals surface area contributed by atoms with Gasteiger partial charge in [-0.25, -0.2) is 9.37 Å². The summed E-state index contributed by atoms with van der Waals surface area (Å²) in [7, 11) is 0. The lowest BCUT2D eigenvalue weighted by Crippen LogP contribution is -2.30. The van der Waals surface area contributed by atoms with Crippen LogP contribution in [-0.2, 0) is 15.0 Å². The molecular formula is C28H26FN3O5. The zero-order valence-electron chi connectivity index (χ0n) is 20.8. The van der Waals surface area contributed by atoms with E-state index in [1.807, 2.05) is 27.7 Å². The number of carbonyl (C=O) groups is 2. The monoisotopic (exact) mass is 503 g/mol. The molecule has 37 heavy (non-hydrogen) atoms. The summed E-state index contributed by atoms with van der Waals surface area (Å²) in [6.07, 6.45) is 1.41. The van der Waals surface area contributed by atoms with E-state index in [1.165, 1.54) is 24.5 Å². The second kappa shape index (κ2) is 8.92. The van der Waals surface area contributed by atoms with E-state index >= 15 is 0 Å². The SMILES string of the molecule is CCOc1ccc(/C(O)=C2\C(=O)C(=O)N(c3nc4ccc(F)cc4[nH]3)C2c2ccco2)cc1C(C)(C)C. The number of nitrogens with one attached hydrogen (secondary N) is 1. The normalized spacial score (nSPS) is 17.6. The molecule has 2 aromatic carbocycles. The Morgan fingerprint density at radius 3 is 2.65 bits per heavy atom. The number of nitrogens with zero attached hydrogens (tertiary/aromatic N) is 2. The molecule has 1 saturated heterocycles. The summed E-state index contributed by atoms with van der Waals surface area (Å²) < 4.78 is 25.1. The number of benzene rings is 2. The van der Waals surface area contributed by atoms with Gasteiger partial charge in [0.25, 0.3) is 5.78 Å². The van der Waals surface area contributed by atoms with Crippen molar-refractivity contribution in [3.63, 3.8) is 0 Å². The van der Waals surface area contributed by atoms with E-state index in [2.05, 4.69) is 9.97 Å². The van der Waals surface area contributed by atoms with Crippen LogP contribution < -0.4 is 9.64 Å². The maximum atomic E-state index is 13.8. The lowest BCUT2D eigenvalue weighted by Gasteiger charge is -2.24. The Hall–Kier alpha value is -4.40. The highest BCUT2D eigenvalue weighted by Gasteiger charge is 2.49. The standard InChI is InChI=1S/C28H26FN3O5/c1-5-36-20-11-8-15(13-17(20)28(2,3)4)24(33)22-23(21-7-6-12-37-21)32(26(35)25(22)34)27-30-18-10-9-16(29)14-19(18)31-27/h6-14,23,33H,5H2,1-4H3,(H,30,31)/b24-22+. The first kappa shape index (κ1) is 24.3. The van der Waals surface area contributed by atoms with Gasteiger partial charge in [-0.15, -0.1) is 0 Å². The number of furan rings is 1. The van der Waals surface area contributed by atoms with Crippen molar-refractivity contribution in [2.24, 2.45) is 0 Å². The van der Waals surface area contributed by atoms with Gasteiger partial charge in [0, 0.05) is 11.1 Å². The fourth-order valence-electron chi connectivity index (χ4n) is 4.55. The topological polar surface area (TPSA) is 109 Å². The van der Waals surface area contributed by atoms with Crippen molar-refractivity contribution in [1.82, 2.24) is 9.97 Å². The van der Waals surface area contributed by atoms with Crippen LogP contribution in [0.4, 0.5) is 10.3 Å². The quantitative estimate of drug-likeness (QED) is 0.208. The minimum absolute atomic E-state index is 0.0326. The predicted octanol–water partition coefficient (Wildman–Crippen LogP) is 5.62. The smallest absolute Gasteiger partial charge is 0.302 e. The number of aliphatic hydroxyl groups excluding tert-OH is 1. The zero-order valence-corrected chi connectivity index (χ0v) is 20.8. The zero-order chi connectivity index (χ0) is 26.5. The number of hydrogen-bond acceptors (Lipinski definition) is 6. The Balaban J connectivity index is 1.69. The Bertz CT molecular complexity index is 1550. The van der Waals surface area contributed by atoms with Gasteiger partial charge in [-0.05, 0) is 60.9 Å². The Morgan fingerprint density at radius 1 is 1.19 bits per heavy atom. The van der Waals surface area contributed by atoms with Gasteiger partial charge < -0.3 is 19.2 Å². The number of rotatable bonds is 5. The second-order valence-electron chi connectivity index (χ2n) is 9.80. The first-order valence-corrected chi connectivity index (χ1v) is 11.9. The molecule has 0 saturated carbocycles. The van der Waals surface area contributed by atoms with Gasteiger partial charge in [-0.1, -0.05) is 20.8 Å². The Labute approximate surface area is 212 Å². The molecule has 190 valence electrons. The molecule has 3 heterocycles. The van der Waals surface area contributed by atoms with Crippen LogP contribution in [0.2, 0.25) is 0 Å². The molecule has 0 radical (unpaired) electrons. The number of aromatic nitrogens is 2. The summed E-state index contributed by atoms with van der Waals surface area (Å²) in [6.45, 7) is 8.40. The van der Waals surface area contributed by atoms with Gasteiger partial charge in [0.05, 0.1) is 29.5 Å². The molecule has 0 spiro atoms. The van der Waals surface area contributed by atoms with Crippen LogP contribution in [-0.4, -0.2) is 33.4 Å². The number of hydrogen-bond donors (Lipinski definition) is 2. The molecular weight excluding hydrogens is 477 g/mol. The van der Waals surface area contributed by atoms with E-state index in [-0.39, 0.29) is 28.5 Å². The summed E-state index contributed by atoms with van der Waals surface area (Å²) in [5.41, 5.74) is 1.50. The minimum Gasteiger partial charge on any atom is -0.507 e. The second-order valence-corrected chi connectivity index (χ2v) is 9.80. The van der Waals surface area contributed by atoms with Crippen LogP contribution in [0.25, 0.3) is 16.8 Å². The number of Topliss-reactive ketones (excluding diaryl/α,β-unsaturated/α-hetero) is 1. The lowest BCUT2D eigenvalue weighted by atomic mass is 9.84. The van der Waals surface area contributed by atoms with Crippen molar-refractivity contribution >= 4 is 34.4 Å². The molecule has 1 amide bonds. The molecule has 1 aliphatic heterocycles. The van der Waals surface area contributed by atoms with E-state index in [4.69, 9.17) is 9.15 Å². The van der Waals surface area contributed by atoms with Gasteiger partial charge in [0.1, 0.15) is 29.1 Å². The third-order valence-electron chi connectivity index (χ3n) is 6.28. The Morgan fingerprint density at radius 2 is 1.97 bits per heavy atom. The number of anilines is 1. The van der Waals surface area contributed by atoms with Crippen LogP contribution in [0.3, 0.4) is 0 Å². The fourth-order valence-corrected chi connectivity index (χ4v) is 4.55. The summed E-state index contributed by atoms with van der Waals surface area (Å²) in [4.78, 5) is 35.1. The van der Waals surface area contributed by atoms with Crippen LogP contribution in [0, 0.1) is 5.82 Å². The van der Waals surface area contributed by atoms with Crippen molar-refractivity contribution in [2.45, 2.75) is 39.2 Å². The van der Waals surface area contributed by atoms with E-state index in [1.54, 1.807) is 30.3 Å². The van der Waals surface area contributed by atoms with Crippen LogP contribution >= 0.6 is 0 Å². The number of aromatic amines is 1. The Kier molecular flexibility index (Phi) is 5.86. The third-order valence-corrected chi connectivity index (χ3v) is 6.28. The highest BCUT2D eigenvalue weighted by Crippen LogP contribution is 2.43. The molecule has 1 fully saturated rings. The molecule has 1 atom stereocenters. The molecule has 4 aromatic rings. The number of amides is 1. The maximum absolute atomic E-state index is 13.8. The molecule has 1 unspecified atom stereocenters. The van der Waals surface area contributed by atoms with Crippen LogP contribution in [0.5, 0.6) is 5.75 Å². The van der Waals surface area contributed by atoms with Crippen molar-refractivity contribution in [2.75, 3.05) is 11.5 Å². The molecule has 5 rings (SSSR count). The molecule has 2 aromatic heterocycles. The predicted molar refractivity (Wildman–Crippen MR) is 136 cm³/mol. The number of imidazole rings is 1. The van der Waals surface area contributed by atoms with Gasteiger partial charge in [-0.3, -0.25) is 14.5 Å². The third kappa shape index (κ3) is 4.16. The largest absolute Gasteiger partial charge is 0.507 e. The lowest BCUT2D eigenvalue weighted by molar-refractivity contribution is -0.132. The maximum Gasteiger partial charge on any atom is 0.302 e. The van der Waals surface area contributed by atoms with Crippen molar-refractivity contribution < 1.29 is 28.2 Å². The van der Waals surface area contributed by atoms with E-state index < -0.39 is 23.5 Å². The van der Waals surface area contributed by atoms with Crippen molar-refractivity contribution in [3.8, 4) is 5.75 Å². The first-order valence-electron chi connectivity index (χ1n) is 11.9. The van der Waals surface area contributed by atoms with Gasteiger partial charge in [0.15, 0.2) is 0 Å². The van der Waals surface area contributed by atoms with Gasteiger partial charge in [-0.2, -0.15) is 0 Å². The molecule has 8 nitrogen and oxygen atoms in total. The molecule has 0 bridgehead atoms. The molecule has 1 aliphatic rings. The number of halogens is 1. The molecule has 2 N–H and O–H groups in total. The van der Waals surface area contributed by atoms with Crippen LogP contribution in [0.15, 0.2) is 64.8 Å². The first-order chi connectivity index (χ1) is 17.6. The molecule has 0 aliphatic carbocycles. The molecule has 9 heteroatoms.